The third kappa shape index (κ3) is 5.19. The number of para-hydroxylation sites is 1. The average Bonchev–Trinajstić information content (AvgIpc) is 3.21. The van der Waals surface area contributed by atoms with Crippen molar-refractivity contribution in [3.8, 4) is 5.75 Å². The van der Waals surface area contributed by atoms with E-state index in [-0.39, 0.29) is 36.8 Å². The maximum Gasteiger partial charge on any atom is 0.242 e. The lowest BCUT2D eigenvalue weighted by Crippen LogP contribution is -2.48. The van der Waals surface area contributed by atoms with Crippen molar-refractivity contribution in [1.82, 2.24) is 9.80 Å². The van der Waals surface area contributed by atoms with Crippen LogP contribution in [0.25, 0.3) is 0 Å². The second-order valence-electron chi connectivity index (χ2n) is 7.81. The van der Waals surface area contributed by atoms with E-state index in [0.717, 1.165) is 18.4 Å². The zero-order valence-corrected chi connectivity index (χ0v) is 18.6. The lowest BCUT2D eigenvalue weighted by Gasteiger charge is -2.37. The van der Waals surface area contributed by atoms with Gasteiger partial charge in [0, 0.05) is 24.9 Å². The minimum Gasteiger partial charge on any atom is -0.488 e. The van der Waals surface area contributed by atoms with Crippen LogP contribution in [0.5, 0.6) is 5.75 Å². The fraction of sp³-hybridized carbons (Fsp3) is 0.478. The van der Waals surface area contributed by atoms with Crippen molar-refractivity contribution in [3.05, 3.63) is 52.0 Å². The molecule has 0 spiro atoms. The first kappa shape index (κ1) is 22.3. The van der Waals surface area contributed by atoms with Crippen molar-refractivity contribution in [2.75, 3.05) is 26.2 Å². The predicted octanol–water partition coefficient (Wildman–Crippen LogP) is 4.29. The fourth-order valence-electron chi connectivity index (χ4n) is 3.67. The lowest BCUT2D eigenvalue weighted by atomic mass is 10.00. The van der Waals surface area contributed by atoms with E-state index in [2.05, 4.69) is 13.8 Å². The molecule has 5 nitrogen and oxygen atoms in total. The summed E-state index contributed by atoms with van der Waals surface area (Å²) in [5.74, 6) is -0.127. The third-order valence-electron chi connectivity index (χ3n) is 5.65. The summed E-state index contributed by atoms with van der Waals surface area (Å²) in [4.78, 5) is 29.9. The summed E-state index contributed by atoms with van der Waals surface area (Å²) >= 11 is 1.67. The summed E-state index contributed by atoms with van der Waals surface area (Å²) < 4.78 is 19.8. The quantitative estimate of drug-likeness (QED) is 0.625. The molecule has 30 heavy (non-hydrogen) atoms. The van der Waals surface area contributed by atoms with Crippen LogP contribution in [-0.4, -0.2) is 47.9 Å². The minimum atomic E-state index is -0.423. The van der Waals surface area contributed by atoms with Gasteiger partial charge in [0.2, 0.25) is 11.8 Å². The summed E-state index contributed by atoms with van der Waals surface area (Å²) in [6.45, 7) is 6.99. The number of nitrogens with zero attached hydrogens (tertiary/aromatic N) is 2. The fourth-order valence-corrected chi connectivity index (χ4v) is 4.60. The first-order chi connectivity index (χ1) is 14.4. The van der Waals surface area contributed by atoms with Gasteiger partial charge in [-0.3, -0.25) is 9.59 Å². The van der Waals surface area contributed by atoms with Crippen LogP contribution < -0.4 is 4.74 Å². The molecule has 0 bridgehead atoms. The highest BCUT2D eigenvalue weighted by molar-refractivity contribution is 7.10. The van der Waals surface area contributed by atoms with Gasteiger partial charge < -0.3 is 14.5 Å². The van der Waals surface area contributed by atoms with Crippen molar-refractivity contribution in [1.29, 1.82) is 0 Å². The van der Waals surface area contributed by atoms with Gasteiger partial charge in [0.1, 0.15) is 6.61 Å². The van der Waals surface area contributed by atoms with E-state index in [1.165, 1.54) is 17.9 Å². The Morgan fingerprint density at radius 2 is 2.10 bits per heavy atom. The van der Waals surface area contributed by atoms with Crippen LogP contribution in [0.15, 0.2) is 35.7 Å². The third-order valence-corrected chi connectivity index (χ3v) is 6.65. The normalized spacial score (nSPS) is 16.7. The Bertz CT molecular complexity index is 885. The predicted molar refractivity (Wildman–Crippen MR) is 116 cm³/mol. The van der Waals surface area contributed by atoms with Gasteiger partial charge in [0.15, 0.2) is 11.6 Å². The average molecular weight is 433 g/mol. The molecule has 0 N–H and O–H groups in total. The molecular weight excluding hydrogens is 403 g/mol. The van der Waals surface area contributed by atoms with Crippen LogP contribution in [0.3, 0.4) is 0 Å². The molecule has 1 aromatic carbocycles. The molecule has 0 aliphatic carbocycles. The Kier molecular flexibility index (Phi) is 7.48. The zero-order valence-electron chi connectivity index (χ0n) is 17.8. The smallest absolute Gasteiger partial charge is 0.242 e. The minimum absolute atomic E-state index is 0.0509. The number of benzene rings is 1. The van der Waals surface area contributed by atoms with Crippen molar-refractivity contribution in [2.45, 2.75) is 39.7 Å². The number of amides is 2. The van der Waals surface area contributed by atoms with Crippen LogP contribution in [0, 0.1) is 11.7 Å². The SMILES string of the molecule is CC[C@@H](C)CN(CC(=O)N1CCc2sccc2[C@@H]1COc1ccccc1F)C(C)=O. The molecule has 2 heterocycles. The van der Waals surface area contributed by atoms with E-state index < -0.39 is 5.82 Å². The van der Waals surface area contributed by atoms with Crippen molar-refractivity contribution in [3.63, 3.8) is 0 Å². The highest BCUT2D eigenvalue weighted by atomic mass is 32.1. The Morgan fingerprint density at radius 3 is 2.80 bits per heavy atom. The maximum absolute atomic E-state index is 14.0. The maximum atomic E-state index is 14.0. The molecule has 7 heteroatoms. The second-order valence-corrected chi connectivity index (χ2v) is 8.81. The molecule has 3 rings (SSSR count). The molecule has 1 aromatic heterocycles. The van der Waals surface area contributed by atoms with Gasteiger partial charge in [-0.05, 0) is 41.5 Å². The Morgan fingerprint density at radius 1 is 1.33 bits per heavy atom. The van der Waals surface area contributed by atoms with E-state index in [0.29, 0.717) is 19.0 Å². The van der Waals surface area contributed by atoms with Gasteiger partial charge in [-0.25, -0.2) is 4.39 Å². The van der Waals surface area contributed by atoms with Crippen LogP contribution in [0.4, 0.5) is 4.39 Å². The standard InChI is InChI=1S/C23H29FN2O3S/c1-4-16(2)13-25(17(3)27)14-23(28)26-11-9-22-18(10-12-30-22)20(26)15-29-21-8-6-5-7-19(21)24/h5-8,10,12,16,20H,4,9,11,13-15H2,1-3H3/t16-,20+/m1/s1. The largest absolute Gasteiger partial charge is 0.488 e. The summed E-state index contributed by atoms with van der Waals surface area (Å²) in [6, 6.07) is 7.99. The first-order valence-corrected chi connectivity index (χ1v) is 11.3. The summed E-state index contributed by atoms with van der Waals surface area (Å²) in [5.41, 5.74) is 1.05. The molecule has 0 radical (unpaired) electrons. The number of carbonyl (C=O) groups excluding carboxylic acids is 2. The van der Waals surface area contributed by atoms with E-state index >= 15 is 0 Å². The monoisotopic (exact) mass is 432 g/mol. The number of halogens is 1. The van der Waals surface area contributed by atoms with Crippen LogP contribution in [0.2, 0.25) is 0 Å². The van der Waals surface area contributed by atoms with Gasteiger partial charge in [-0.1, -0.05) is 32.4 Å². The first-order valence-electron chi connectivity index (χ1n) is 10.4. The Labute approximate surface area is 181 Å². The topological polar surface area (TPSA) is 49.9 Å². The molecule has 1 aliphatic heterocycles. The number of hydrogen-bond donors (Lipinski definition) is 0. The highest BCUT2D eigenvalue weighted by Crippen LogP contribution is 2.34. The molecule has 162 valence electrons. The molecule has 0 saturated carbocycles. The van der Waals surface area contributed by atoms with Gasteiger partial charge in [0.05, 0.1) is 12.6 Å². The number of fused-ring (bicyclic) bond motifs is 1. The van der Waals surface area contributed by atoms with Crippen LogP contribution in [0.1, 0.15) is 43.7 Å². The molecule has 1 aliphatic rings. The van der Waals surface area contributed by atoms with E-state index in [4.69, 9.17) is 4.74 Å². The number of thiophene rings is 1. The van der Waals surface area contributed by atoms with Gasteiger partial charge in [0.25, 0.3) is 0 Å². The van der Waals surface area contributed by atoms with E-state index in [1.54, 1.807) is 39.3 Å². The van der Waals surface area contributed by atoms with Gasteiger partial charge in [-0.15, -0.1) is 11.3 Å². The lowest BCUT2D eigenvalue weighted by molar-refractivity contribution is -0.142. The van der Waals surface area contributed by atoms with E-state index in [1.807, 2.05) is 11.4 Å². The van der Waals surface area contributed by atoms with Crippen molar-refractivity contribution >= 4 is 23.2 Å². The number of rotatable bonds is 8. The molecule has 2 aromatic rings. The van der Waals surface area contributed by atoms with Crippen LogP contribution in [-0.2, 0) is 16.0 Å². The molecule has 0 saturated heterocycles. The number of ether oxygens (including phenoxy) is 1. The Hall–Kier alpha value is -2.41. The number of hydrogen-bond acceptors (Lipinski definition) is 4. The molecule has 2 atom stereocenters. The molecule has 2 amide bonds. The molecule has 0 fully saturated rings. The van der Waals surface area contributed by atoms with E-state index in [9.17, 15) is 14.0 Å². The Balaban J connectivity index is 1.76. The van der Waals surface area contributed by atoms with Crippen molar-refractivity contribution < 1.29 is 18.7 Å². The second kappa shape index (κ2) is 10.1. The van der Waals surface area contributed by atoms with Crippen LogP contribution >= 0.6 is 11.3 Å². The summed E-state index contributed by atoms with van der Waals surface area (Å²) in [6.07, 6.45) is 1.72. The van der Waals surface area contributed by atoms with Crippen molar-refractivity contribution in [2.24, 2.45) is 5.92 Å². The van der Waals surface area contributed by atoms with Gasteiger partial charge >= 0.3 is 0 Å². The molecular formula is C23H29FN2O3S. The van der Waals surface area contributed by atoms with Gasteiger partial charge in [-0.2, -0.15) is 0 Å². The summed E-state index contributed by atoms with van der Waals surface area (Å²) in [7, 11) is 0. The number of carbonyl (C=O) groups is 2. The highest BCUT2D eigenvalue weighted by Gasteiger charge is 2.33. The zero-order chi connectivity index (χ0) is 21.7. The summed E-state index contributed by atoms with van der Waals surface area (Å²) in [5, 5.41) is 2.01. The molecule has 0 unspecified atom stereocenters.